The number of rotatable bonds is 5. The van der Waals surface area contributed by atoms with E-state index in [-0.39, 0.29) is 5.57 Å². The summed E-state index contributed by atoms with van der Waals surface area (Å²) in [4.78, 5) is 12.5. The molecule has 3 aromatic rings. The van der Waals surface area contributed by atoms with Crippen LogP contribution in [-0.4, -0.2) is 12.5 Å². The number of anilines is 1. The number of nitrogens with zero attached hydrogens (tertiary/aromatic N) is 1. The van der Waals surface area contributed by atoms with E-state index in [2.05, 4.69) is 5.32 Å². The predicted molar refractivity (Wildman–Crippen MR) is 104 cm³/mol. The van der Waals surface area contributed by atoms with E-state index < -0.39 is 5.91 Å². The molecule has 0 heterocycles. The highest BCUT2D eigenvalue weighted by Crippen LogP contribution is 2.30. The molecule has 128 valence electrons. The summed E-state index contributed by atoms with van der Waals surface area (Å²) >= 11 is 0. The minimum Gasteiger partial charge on any atom is -0.493 e. The first-order chi connectivity index (χ1) is 12.7. The Morgan fingerprint density at radius 3 is 2.54 bits per heavy atom. The molecule has 1 amide bonds. The molecule has 0 fully saturated rings. The second-order valence-corrected chi connectivity index (χ2v) is 5.62. The van der Waals surface area contributed by atoms with Crippen LogP contribution < -0.4 is 10.1 Å². The van der Waals surface area contributed by atoms with E-state index in [9.17, 15) is 10.1 Å². The van der Waals surface area contributed by atoms with Gasteiger partial charge in [-0.3, -0.25) is 4.79 Å². The van der Waals surface area contributed by atoms with Crippen molar-refractivity contribution in [1.82, 2.24) is 0 Å². The fourth-order valence-corrected chi connectivity index (χ4v) is 2.72. The van der Waals surface area contributed by atoms with E-state index in [0.717, 1.165) is 16.3 Å². The van der Waals surface area contributed by atoms with E-state index in [1.165, 1.54) is 0 Å². The molecule has 0 saturated heterocycles. The summed E-state index contributed by atoms with van der Waals surface area (Å²) in [7, 11) is 0. The van der Waals surface area contributed by atoms with Gasteiger partial charge in [0.1, 0.15) is 17.4 Å². The Kier molecular flexibility index (Phi) is 5.31. The standard InChI is InChI=1S/C22H18N2O2/c1-2-26-21-13-12-16-8-6-7-11-19(16)20(21)14-17(15-23)22(25)24-18-9-4-3-5-10-18/h3-14H,2H2,1H3,(H,24,25)/b17-14-. The fourth-order valence-electron chi connectivity index (χ4n) is 2.72. The zero-order valence-corrected chi connectivity index (χ0v) is 14.4. The number of nitrogens with one attached hydrogen (secondary N) is 1. The van der Waals surface area contributed by atoms with Crippen LogP contribution in [0, 0.1) is 11.3 Å². The lowest BCUT2D eigenvalue weighted by Gasteiger charge is -2.11. The Morgan fingerprint density at radius 1 is 1.08 bits per heavy atom. The zero-order chi connectivity index (χ0) is 18.4. The second-order valence-electron chi connectivity index (χ2n) is 5.62. The molecule has 3 aromatic carbocycles. The molecule has 0 aliphatic heterocycles. The number of hydrogen-bond acceptors (Lipinski definition) is 3. The number of carbonyl (C=O) groups is 1. The number of ether oxygens (including phenoxy) is 1. The van der Waals surface area contributed by atoms with Crippen molar-refractivity contribution in [2.24, 2.45) is 0 Å². The highest BCUT2D eigenvalue weighted by molar-refractivity contribution is 6.11. The quantitative estimate of drug-likeness (QED) is 0.536. The van der Waals surface area contributed by atoms with Crippen LogP contribution >= 0.6 is 0 Å². The zero-order valence-electron chi connectivity index (χ0n) is 14.4. The van der Waals surface area contributed by atoms with Crippen LogP contribution in [0.1, 0.15) is 12.5 Å². The first kappa shape index (κ1) is 17.2. The molecule has 3 rings (SSSR count). The molecule has 4 heteroatoms. The molecule has 4 nitrogen and oxygen atoms in total. The van der Waals surface area contributed by atoms with Gasteiger partial charge in [-0.1, -0.05) is 48.5 Å². The summed E-state index contributed by atoms with van der Waals surface area (Å²) in [6, 6.07) is 22.7. The topological polar surface area (TPSA) is 62.1 Å². The summed E-state index contributed by atoms with van der Waals surface area (Å²) in [5.74, 6) is 0.195. The van der Waals surface area contributed by atoms with Gasteiger partial charge in [-0.15, -0.1) is 0 Å². The van der Waals surface area contributed by atoms with Gasteiger partial charge in [-0.2, -0.15) is 5.26 Å². The maximum absolute atomic E-state index is 12.5. The molecule has 0 bridgehead atoms. The van der Waals surface area contributed by atoms with Crippen LogP contribution in [0.5, 0.6) is 5.75 Å². The van der Waals surface area contributed by atoms with Crippen molar-refractivity contribution in [3.63, 3.8) is 0 Å². The molecular weight excluding hydrogens is 324 g/mol. The van der Waals surface area contributed by atoms with Crippen molar-refractivity contribution in [1.29, 1.82) is 5.26 Å². The minimum atomic E-state index is -0.450. The molecule has 0 spiro atoms. The van der Waals surface area contributed by atoms with Crippen LogP contribution in [0.25, 0.3) is 16.8 Å². The highest BCUT2D eigenvalue weighted by Gasteiger charge is 2.13. The molecule has 0 aromatic heterocycles. The Bertz CT molecular complexity index is 1000. The SMILES string of the molecule is CCOc1ccc2ccccc2c1/C=C(/C#N)C(=O)Nc1ccccc1. The van der Waals surface area contributed by atoms with E-state index >= 15 is 0 Å². The van der Waals surface area contributed by atoms with Crippen molar-refractivity contribution >= 4 is 28.4 Å². The number of fused-ring (bicyclic) bond motifs is 1. The van der Waals surface area contributed by atoms with Crippen molar-refractivity contribution < 1.29 is 9.53 Å². The van der Waals surface area contributed by atoms with E-state index in [1.807, 2.05) is 67.6 Å². The third kappa shape index (κ3) is 3.73. The van der Waals surface area contributed by atoms with Gasteiger partial charge in [0.25, 0.3) is 5.91 Å². The summed E-state index contributed by atoms with van der Waals surface area (Å²) in [5.41, 5.74) is 1.39. The van der Waals surface area contributed by atoms with Crippen LogP contribution in [0.3, 0.4) is 0 Å². The van der Waals surface area contributed by atoms with Crippen LogP contribution in [0.15, 0.2) is 72.3 Å². The Hall–Kier alpha value is -3.58. The summed E-state index contributed by atoms with van der Waals surface area (Å²) in [5, 5.41) is 14.2. The third-order valence-electron chi connectivity index (χ3n) is 3.92. The molecule has 0 aliphatic carbocycles. The van der Waals surface area contributed by atoms with E-state index in [1.54, 1.807) is 18.2 Å². The lowest BCUT2D eigenvalue weighted by atomic mass is 10.0. The van der Waals surface area contributed by atoms with Crippen LogP contribution in [-0.2, 0) is 4.79 Å². The number of carbonyl (C=O) groups excluding carboxylic acids is 1. The predicted octanol–water partition coefficient (Wildman–Crippen LogP) is 4.78. The van der Waals surface area contributed by atoms with Crippen LogP contribution in [0.2, 0.25) is 0 Å². The Balaban J connectivity index is 2.04. The number of hydrogen-bond donors (Lipinski definition) is 1. The van der Waals surface area contributed by atoms with Gasteiger partial charge in [0.2, 0.25) is 0 Å². The van der Waals surface area contributed by atoms with Crippen LogP contribution in [0.4, 0.5) is 5.69 Å². The van der Waals surface area contributed by atoms with E-state index in [0.29, 0.717) is 18.0 Å². The molecular formula is C22H18N2O2. The van der Waals surface area contributed by atoms with E-state index in [4.69, 9.17) is 4.74 Å². The molecule has 0 unspecified atom stereocenters. The Morgan fingerprint density at radius 2 is 1.81 bits per heavy atom. The third-order valence-corrected chi connectivity index (χ3v) is 3.92. The van der Waals surface area contributed by atoms with Crippen molar-refractivity contribution in [3.05, 3.63) is 77.9 Å². The maximum atomic E-state index is 12.5. The van der Waals surface area contributed by atoms with Gasteiger partial charge in [0.05, 0.1) is 6.61 Å². The lowest BCUT2D eigenvalue weighted by molar-refractivity contribution is -0.112. The normalized spacial score (nSPS) is 11.0. The molecule has 1 N–H and O–H groups in total. The first-order valence-electron chi connectivity index (χ1n) is 8.35. The fraction of sp³-hybridized carbons (Fsp3) is 0.0909. The molecule has 0 aliphatic rings. The molecule has 0 atom stereocenters. The maximum Gasteiger partial charge on any atom is 0.266 e. The van der Waals surface area contributed by atoms with Crippen molar-refractivity contribution in [2.45, 2.75) is 6.92 Å². The molecule has 0 saturated carbocycles. The largest absolute Gasteiger partial charge is 0.493 e. The van der Waals surface area contributed by atoms with Gasteiger partial charge >= 0.3 is 0 Å². The monoisotopic (exact) mass is 342 g/mol. The Labute approximate surface area is 152 Å². The summed E-state index contributed by atoms with van der Waals surface area (Å²) in [6.07, 6.45) is 1.59. The van der Waals surface area contributed by atoms with Gasteiger partial charge in [-0.25, -0.2) is 0 Å². The van der Waals surface area contributed by atoms with Gasteiger partial charge in [-0.05, 0) is 42.0 Å². The highest BCUT2D eigenvalue weighted by atomic mass is 16.5. The number of nitriles is 1. The average molecular weight is 342 g/mol. The second kappa shape index (κ2) is 8.00. The van der Waals surface area contributed by atoms with Crippen molar-refractivity contribution in [2.75, 3.05) is 11.9 Å². The summed E-state index contributed by atoms with van der Waals surface area (Å²) < 4.78 is 5.70. The van der Waals surface area contributed by atoms with Gasteiger partial charge in [0.15, 0.2) is 0 Å². The van der Waals surface area contributed by atoms with Gasteiger partial charge < -0.3 is 10.1 Å². The van der Waals surface area contributed by atoms with Gasteiger partial charge in [0, 0.05) is 11.3 Å². The molecule has 26 heavy (non-hydrogen) atoms. The average Bonchev–Trinajstić information content (AvgIpc) is 2.68. The number of benzene rings is 3. The molecule has 0 radical (unpaired) electrons. The van der Waals surface area contributed by atoms with Crippen molar-refractivity contribution in [3.8, 4) is 11.8 Å². The first-order valence-corrected chi connectivity index (χ1v) is 8.35. The number of para-hydroxylation sites is 1. The minimum absolute atomic E-state index is 0.0196. The smallest absolute Gasteiger partial charge is 0.266 e. The summed E-state index contributed by atoms with van der Waals surface area (Å²) in [6.45, 7) is 2.40. The number of amides is 1. The lowest BCUT2D eigenvalue weighted by Crippen LogP contribution is -2.13.